The highest BCUT2D eigenvalue weighted by Gasteiger charge is 2.21. The highest BCUT2D eigenvalue weighted by atomic mass is 32.2. The summed E-state index contributed by atoms with van der Waals surface area (Å²) in [4.78, 5) is 17.6. The fourth-order valence-electron chi connectivity index (χ4n) is 3.00. The van der Waals surface area contributed by atoms with E-state index < -0.39 is 5.82 Å². The van der Waals surface area contributed by atoms with Gasteiger partial charge in [-0.05, 0) is 55.8 Å². The SMILES string of the molecule is Cc1c(SN2CCC(C)CC2)cc(C(=O)NCc2ncccc2F)n1C. The van der Waals surface area contributed by atoms with E-state index in [2.05, 4.69) is 21.5 Å². The van der Waals surface area contributed by atoms with E-state index in [4.69, 9.17) is 0 Å². The molecule has 3 rings (SSSR count). The minimum absolute atomic E-state index is 0.0717. The van der Waals surface area contributed by atoms with E-state index in [0.717, 1.165) is 29.6 Å². The van der Waals surface area contributed by atoms with Crippen LogP contribution < -0.4 is 5.32 Å². The van der Waals surface area contributed by atoms with Crippen LogP contribution in [0.4, 0.5) is 4.39 Å². The molecule has 2 aromatic heterocycles. The fourth-order valence-corrected chi connectivity index (χ4v) is 4.10. The Hall–Kier alpha value is -1.86. The third kappa shape index (κ3) is 4.27. The summed E-state index contributed by atoms with van der Waals surface area (Å²) in [6.07, 6.45) is 3.94. The first-order valence-corrected chi connectivity index (χ1v) is 9.70. The predicted octanol–water partition coefficient (Wildman–Crippen LogP) is 3.54. The molecule has 0 saturated carbocycles. The molecule has 26 heavy (non-hydrogen) atoms. The fraction of sp³-hybridized carbons (Fsp3) is 0.474. The van der Waals surface area contributed by atoms with Gasteiger partial charge >= 0.3 is 0 Å². The first-order valence-electron chi connectivity index (χ1n) is 8.92. The molecule has 5 nitrogen and oxygen atoms in total. The van der Waals surface area contributed by atoms with E-state index in [1.807, 2.05) is 24.6 Å². The van der Waals surface area contributed by atoms with E-state index in [-0.39, 0.29) is 18.1 Å². The monoisotopic (exact) mass is 376 g/mol. The largest absolute Gasteiger partial charge is 0.345 e. The molecule has 1 saturated heterocycles. The first-order chi connectivity index (χ1) is 12.5. The number of nitrogens with one attached hydrogen (secondary N) is 1. The smallest absolute Gasteiger partial charge is 0.268 e. The summed E-state index contributed by atoms with van der Waals surface area (Å²) in [5, 5.41) is 2.76. The number of carbonyl (C=O) groups excluding carboxylic acids is 1. The maximum Gasteiger partial charge on any atom is 0.268 e. The van der Waals surface area contributed by atoms with Gasteiger partial charge in [0.15, 0.2) is 0 Å². The van der Waals surface area contributed by atoms with Crippen LogP contribution in [0.15, 0.2) is 29.3 Å². The molecule has 1 aliphatic rings. The van der Waals surface area contributed by atoms with Crippen LogP contribution in [0.1, 0.15) is 41.6 Å². The molecule has 0 bridgehead atoms. The zero-order chi connectivity index (χ0) is 18.7. The van der Waals surface area contributed by atoms with Gasteiger partial charge in [0.25, 0.3) is 5.91 Å². The van der Waals surface area contributed by atoms with Crippen LogP contribution in [0.3, 0.4) is 0 Å². The first kappa shape index (κ1) is 18.9. The quantitative estimate of drug-likeness (QED) is 0.811. The lowest BCUT2D eigenvalue weighted by Crippen LogP contribution is -2.27. The number of amides is 1. The number of pyridine rings is 1. The number of aromatic nitrogens is 2. The minimum Gasteiger partial charge on any atom is -0.345 e. The van der Waals surface area contributed by atoms with Crippen LogP contribution >= 0.6 is 11.9 Å². The maximum absolute atomic E-state index is 13.7. The van der Waals surface area contributed by atoms with E-state index in [1.54, 1.807) is 11.9 Å². The summed E-state index contributed by atoms with van der Waals surface area (Å²) >= 11 is 1.72. The highest BCUT2D eigenvalue weighted by molar-refractivity contribution is 7.97. The third-order valence-corrected chi connectivity index (χ3v) is 6.18. The Kier molecular flexibility index (Phi) is 5.98. The second-order valence-electron chi connectivity index (χ2n) is 6.86. The number of hydrogen-bond acceptors (Lipinski definition) is 4. The zero-order valence-electron chi connectivity index (χ0n) is 15.5. The molecule has 1 amide bonds. The van der Waals surface area contributed by atoms with Gasteiger partial charge in [0.1, 0.15) is 11.5 Å². The second kappa shape index (κ2) is 8.22. The van der Waals surface area contributed by atoms with Crippen LogP contribution in [-0.2, 0) is 13.6 Å². The number of rotatable bonds is 5. The predicted molar refractivity (Wildman–Crippen MR) is 101 cm³/mol. The maximum atomic E-state index is 13.7. The van der Waals surface area contributed by atoms with Gasteiger partial charge in [-0.1, -0.05) is 6.92 Å². The van der Waals surface area contributed by atoms with Crippen molar-refractivity contribution in [3.63, 3.8) is 0 Å². The number of hydrogen-bond donors (Lipinski definition) is 1. The summed E-state index contributed by atoms with van der Waals surface area (Å²) in [5.74, 6) is 0.156. The molecule has 3 heterocycles. The third-order valence-electron chi connectivity index (χ3n) is 4.94. The molecular formula is C19H25FN4OS. The molecule has 0 radical (unpaired) electrons. The van der Waals surface area contributed by atoms with Crippen molar-refractivity contribution in [1.29, 1.82) is 0 Å². The van der Waals surface area contributed by atoms with Gasteiger partial charge in [0.05, 0.1) is 12.2 Å². The van der Waals surface area contributed by atoms with Gasteiger partial charge in [-0.25, -0.2) is 8.70 Å². The Labute approximate surface area is 158 Å². The molecule has 1 fully saturated rings. The van der Waals surface area contributed by atoms with Gasteiger partial charge < -0.3 is 9.88 Å². The van der Waals surface area contributed by atoms with Gasteiger partial charge in [0.2, 0.25) is 0 Å². The van der Waals surface area contributed by atoms with Gasteiger partial charge in [-0.3, -0.25) is 9.78 Å². The number of halogens is 1. The summed E-state index contributed by atoms with van der Waals surface area (Å²) in [6.45, 7) is 6.52. The molecule has 0 aliphatic carbocycles. The summed E-state index contributed by atoms with van der Waals surface area (Å²) < 4.78 is 17.9. The zero-order valence-corrected chi connectivity index (χ0v) is 16.3. The normalized spacial score (nSPS) is 16.0. The Bertz CT molecular complexity index is 784. The number of nitrogens with zero attached hydrogens (tertiary/aromatic N) is 3. The van der Waals surface area contributed by atoms with Crippen molar-refractivity contribution < 1.29 is 9.18 Å². The standard InChI is InChI=1S/C19H25FN4OS/c1-13-6-9-24(10-7-13)26-18-11-17(23(3)14(18)2)19(25)22-12-16-15(20)5-4-8-21-16/h4-5,8,11,13H,6-7,9-10,12H2,1-3H3,(H,22,25). The molecule has 7 heteroatoms. The highest BCUT2D eigenvalue weighted by Crippen LogP contribution is 2.31. The van der Waals surface area contributed by atoms with Crippen LogP contribution in [-0.4, -0.2) is 32.9 Å². The summed E-state index contributed by atoms with van der Waals surface area (Å²) in [7, 11) is 1.88. The van der Waals surface area contributed by atoms with Crippen LogP contribution in [0, 0.1) is 18.7 Å². The summed E-state index contributed by atoms with van der Waals surface area (Å²) in [6, 6.07) is 4.80. The average Bonchev–Trinajstić information content (AvgIpc) is 2.91. The lowest BCUT2D eigenvalue weighted by molar-refractivity contribution is 0.0941. The molecular weight excluding hydrogens is 351 g/mol. The van der Waals surface area contributed by atoms with Crippen molar-refractivity contribution in [2.75, 3.05) is 13.1 Å². The lowest BCUT2D eigenvalue weighted by Gasteiger charge is -2.28. The van der Waals surface area contributed by atoms with E-state index >= 15 is 0 Å². The average molecular weight is 377 g/mol. The van der Waals surface area contributed by atoms with Crippen molar-refractivity contribution in [2.45, 2.75) is 38.1 Å². The van der Waals surface area contributed by atoms with Crippen LogP contribution in [0.5, 0.6) is 0 Å². The Morgan fingerprint density at radius 1 is 1.42 bits per heavy atom. The molecule has 2 aromatic rings. The summed E-state index contributed by atoms with van der Waals surface area (Å²) in [5.41, 5.74) is 1.87. The molecule has 0 spiro atoms. The van der Waals surface area contributed by atoms with Gasteiger partial charge in [0, 0.05) is 36.9 Å². The lowest BCUT2D eigenvalue weighted by atomic mass is 10.0. The van der Waals surface area contributed by atoms with Crippen LogP contribution in [0.2, 0.25) is 0 Å². The van der Waals surface area contributed by atoms with Crippen molar-refractivity contribution >= 4 is 17.9 Å². The van der Waals surface area contributed by atoms with Crippen LogP contribution in [0.25, 0.3) is 0 Å². The second-order valence-corrected chi connectivity index (χ2v) is 7.99. The van der Waals surface area contributed by atoms with E-state index in [9.17, 15) is 9.18 Å². The van der Waals surface area contributed by atoms with Crippen molar-refractivity contribution in [2.24, 2.45) is 13.0 Å². The molecule has 1 N–H and O–H groups in total. The Morgan fingerprint density at radius 3 is 2.85 bits per heavy atom. The molecule has 0 atom stereocenters. The molecule has 140 valence electrons. The van der Waals surface area contributed by atoms with Crippen molar-refractivity contribution in [3.8, 4) is 0 Å². The Balaban J connectivity index is 1.66. The molecule has 1 aliphatic heterocycles. The van der Waals surface area contributed by atoms with Gasteiger partial charge in [-0.15, -0.1) is 0 Å². The number of carbonyl (C=O) groups is 1. The molecule has 0 unspecified atom stereocenters. The topological polar surface area (TPSA) is 50.2 Å². The number of piperidine rings is 1. The van der Waals surface area contributed by atoms with Gasteiger partial charge in [-0.2, -0.15) is 0 Å². The van der Waals surface area contributed by atoms with E-state index in [0.29, 0.717) is 5.69 Å². The van der Waals surface area contributed by atoms with Crippen molar-refractivity contribution in [3.05, 3.63) is 47.3 Å². The minimum atomic E-state index is -0.411. The van der Waals surface area contributed by atoms with Crippen molar-refractivity contribution in [1.82, 2.24) is 19.2 Å². The molecule has 0 aromatic carbocycles. The van der Waals surface area contributed by atoms with E-state index in [1.165, 1.54) is 31.2 Å². The Morgan fingerprint density at radius 2 is 2.15 bits per heavy atom.